The lowest BCUT2D eigenvalue weighted by molar-refractivity contribution is 0.188. The molecule has 2 heterocycles. The monoisotopic (exact) mass is 311 g/mol. The molecule has 0 unspecified atom stereocenters. The van der Waals surface area contributed by atoms with Crippen molar-refractivity contribution in [2.45, 2.75) is 19.4 Å². The predicted molar refractivity (Wildman–Crippen MR) is 90.6 cm³/mol. The SMILES string of the molecule is C[C@@H]1c2ccccc2CCN1C(=O)Nc1cncnc1N(C)C. The second-order valence-corrected chi connectivity index (χ2v) is 5.90. The van der Waals surface area contributed by atoms with Crippen molar-refractivity contribution in [1.29, 1.82) is 0 Å². The number of nitrogens with zero attached hydrogens (tertiary/aromatic N) is 4. The van der Waals surface area contributed by atoms with Crippen LogP contribution in [0.15, 0.2) is 36.8 Å². The van der Waals surface area contributed by atoms with Crippen LogP contribution in [0, 0.1) is 0 Å². The number of benzene rings is 1. The summed E-state index contributed by atoms with van der Waals surface area (Å²) < 4.78 is 0. The quantitative estimate of drug-likeness (QED) is 0.926. The minimum Gasteiger partial charge on any atom is -0.361 e. The maximum absolute atomic E-state index is 12.7. The normalized spacial score (nSPS) is 16.7. The first-order valence-corrected chi connectivity index (χ1v) is 7.70. The fourth-order valence-electron chi connectivity index (χ4n) is 3.00. The zero-order chi connectivity index (χ0) is 16.4. The number of carbonyl (C=O) groups excluding carboxylic acids is 1. The Kier molecular flexibility index (Phi) is 4.14. The molecule has 1 aliphatic heterocycles. The Morgan fingerprint density at radius 2 is 2.13 bits per heavy atom. The van der Waals surface area contributed by atoms with Gasteiger partial charge in [0.2, 0.25) is 0 Å². The summed E-state index contributed by atoms with van der Waals surface area (Å²) in [5, 5.41) is 2.94. The fraction of sp³-hybridized carbons (Fsp3) is 0.353. The molecule has 6 nitrogen and oxygen atoms in total. The lowest BCUT2D eigenvalue weighted by Gasteiger charge is -2.35. The molecule has 1 aromatic heterocycles. The topological polar surface area (TPSA) is 61.4 Å². The van der Waals surface area contributed by atoms with Gasteiger partial charge in [-0.05, 0) is 24.5 Å². The Morgan fingerprint density at radius 3 is 2.91 bits per heavy atom. The number of nitrogens with one attached hydrogen (secondary N) is 1. The van der Waals surface area contributed by atoms with Gasteiger partial charge in [-0.25, -0.2) is 14.8 Å². The summed E-state index contributed by atoms with van der Waals surface area (Å²) >= 11 is 0. The zero-order valence-corrected chi connectivity index (χ0v) is 13.7. The number of aromatic nitrogens is 2. The van der Waals surface area contributed by atoms with Crippen LogP contribution in [0.3, 0.4) is 0 Å². The van der Waals surface area contributed by atoms with E-state index in [1.165, 1.54) is 17.5 Å². The van der Waals surface area contributed by atoms with E-state index < -0.39 is 0 Å². The molecular formula is C17H21N5O. The highest BCUT2D eigenvalue weighted by Crippen LogP contribution is 2.30. The van der Waals surface area contributed by atoms with Crippen molar-refractivity contribution >= 4 is 17.5 Å². The Morgan fingerprint density at radius 1 is 1.35 bits per heavy atom. The lowest BCUT2D eigenvalue weighted by Crippen LogP contribution is -2.41. The number of hydrogen-bond donors (Lipinski definition) is 1. The molecule has 0 saturated carbocycles. The average Bonchev–Trinajstić information content (AvgIpc) is 2.55. The molecule has 1 N–H and O–H groups in total. The van der Waals surface area contributed by atoms with Gasteiger partial charge in [0.25, 0.3) is 0 Å². The van der Waals surface area contributed by atoms with Crippen molar-refractivity contribution in [3.8, 4) is 0 Å². The summed E-state index contributed by atoms with van der Waals surface area (Å²) in [7, 11) is 3.77. The van der Waals surface area contributed by atoms with Crippen LogP contribution in [0.5, 0.6) is 0 Å². The number of anilines is 2. The highest BCUT2D eigenvalue weighted by Gasteiger charge is 2.27. The molecule has 1 atom stereocenters. The van der Waals surface area contributed by atoms with Gasteiger partial charge in [-0.1, -0.05) is 24.3 Å². The highest BCUT2D eigenvalue weighted by atomic mass is 16.2. The summed E-state index contributed by atoms with van der Waals surface area (Å²) in [4.78, 5) is 24.6. The molecule has 120 valence electrons. The van der Waals surface area contributed by atoms with Crippen LogP contribution in [0.25, 0.3) is 0 Å². The van der Waals surface area contributed by atoms with Crippen LogP contribution >= 0.6 is 0 Å². The van der Waals surface area contributed by atoms with E-state index >= 15 is 0 Å². The van der Waals surface area contributed by atoms with Crippen molar-refractivity contribution in [3.05, 3.63) is 47.9 Å². The van der Waals surface area contributed by atoms with Crippen molar-refractivity contribution in [2.75, 3.05) is 30.9 Å². The van der Waals surface area contributed by atoms with Gasteiger partial charge in [-0.2, -0.15) is 0 Å². The molecule has 0 aliphatic carbocycles. The van der Waals surface area contributed by atoms with E-state index in [1.54, 1.807) is 6.20 Å². The van der Waals surface area contributed by atoms with Crippen molar-refractivity contribution in [2.24, 2.45) is 0 Å². The van der Waals surface area contributed by atoms with E-state index in [9.17, 15) is 4.79 Å². The summed E-state index contributed by atoms with van der Waals surface area (Å²) in [6.45, 7) is 2.76. The Hall–Kier alpha value is -2.63. The van der Waals surface area contributed by atoms with Gasteiger partial charge in [0.05, 0.1) is 12.2 Å². The van der Waals surface area contributed by atoms with Gasteiger partial charge in [0.15, 0.2) is 5.82 Å². The lowest BCUT2D eigenvalue weighted by atomic mass is 9.94. The molecule has 0 bridgehead atoms. The van der Waals surface area contributed by atoms with Gasteiger partial charge >= 0.3 is 6.03 Å². The van der Waals surface area contributed by atoms with Crippen molar-refractivity contribution in [3.63, 3.8) is 0 Å². The van der Waals surface area contributed by atoms with Gasteiger partial charge < -0.3 is 15.1 Å². The third-order valence-corrected chi connectivity index (χ3v) is 4.21. The molecule has 2 amide bonds. The Bertz CT molecular complexity index is 716. The number of amides is 2. The minimum atomic E-state index is -0.120. The molecule has 0 fully saturated rings. The van der Waals surface area contributed by atoms with Gasteiger partial charge in [0.1, 0.15) is 12.0 Å². The van der Waals surface area contributed by atoms with E-state index in [1.807, 2.05) is 36.0 Å². The number of fused-ring (bicyclic) bond motifs is 1. The Balaban J connectivity index is 1.80. The third kappa shape index (κ3) is 2.97. The molecule has 0 saturated heterocycles. The standard InChI is InChI=1S/C17H21N5O/c1-12-14-7-5-4-6-13(14)8-9-22(12)17(23)20-15-10-18-11-19-16(15)21(2)3/h4-7,10-12H,8-9H2,1-3H3,(H,20,23)/t12-/m1/s1. The van der Waals surface area contributed by atoms with E-state index in [0.717, 1.165) is 6.42 Å². The molecule has 0 spiro atoms. The largest absolute Gasteiger partial charge is 0.361 e. The van der Waals surface area contributed by atoms with Crippen molar-refractivity contribution < 1.29 is 4.79 Å². The number of rotatable bonds is 2. The first kappa shape index (κ1) is 15.3. The first-order chi connectivity index (χ1) is 11.1. The second kappa shape index (κ2) is 6.24. The van der Waals surface area contributed by atoms with E-state index in [4.69, 9.17) is 0 Å². The Labute approximate surface area is 136 Å². The summed E-state index contributed by atoms with van der Waals surface area (Å²) in [6.07, 6.45) is 3.98. The van der Waals surface area contributed by atoms with E-state index in [0.29, 0.717) is 18.1 Å². The first-order valence-electron chi connectivity index (χ1n) is 7.70. The van der Waals surface area contributed by atoms with Crippen LogP contribution in [0.1, 0.15) is 24.1 Å². The van der Waals surface area contributed by atoms with E-state index in [2.05, 4.69) is 34.3 Å². The van der Waals surface area contributed by atoms with E-state index in [-0.39, 0.29) is 12.1 Å². The summed E-state index contributed by atoms with van der Waals surface area (Å²) in [5.74, 6) is 0.693. The minimum absolute atomic E-state index is 0.0485. The number of urea groups is 1. The average molecular weight is 311 g/mol. The molecular weight excluding hydrogens is 290 g/mol. The van der Waals surface area contributed by atoms with Crippen LogP contribution in [-0.4, -0.2) is 41.5 Å². The fourth-order valence-corrected chi connectivity index (χ4v) is 3.00. The smallest absolute Gasteiger partial charge is 0.322 e. The molecule has 23 heavy (non-hydrogen) atoms. The van der Waals surface area contributed by atoms with Crippen LogP contribution < -0.4 is 10.2 Å². The predicted octanol–water partition coefficient (Wildman–Crippen LogP) is 2.69. The third-order valence-electron chi connectivity index (χ3n) is 4.21. The van der Waals surface area contributed by atoms with Gasteiger partial charge in [0, 0.05) is 20.6 Å². The van der Waals surface area contributed by atoms with Gasteiger partial charge in [-0.15, -0.1) is 0 Å². The zero-order valence-electron chi connectivity index (χ0n) is 13.7. The summed E-state index contributed by atoms with van der Waals surface area (Å²) in [5.41, 5.74) is 3.15. The molecule has 1 aliphatic rings. The maximum Gasteiger partial charge on any atom is 0.322 e. The second-order valence-electron chi connectivity index (χ2n) is 5.90. The maximum atomic E-state index is 12.7. The van der Waals surface area contributed by atoms with Crippen molar-refractivity contribution in [1.82, 2.24) is 14.9 Å². The number of carbonyl (C=O) groups is 1. The molecule has 0 radical (unpaired) electrons. The summed E-state index contributed by atoms with van der Waals surface area (Å²) in [6, 6.07) is 8.22. The molecule has 6 heteroatoms. The molecule has 3 rings (SSSR count). The molecule has 2 aromatic rings. The van der Waals surface area contributed by atoms with Gasteiger partial charge in [-0.3, -0.25) is 0 Å². The molecule has 1 aromatic carbocycles. The number of hydrogen-bond acceptors (Lipinski definition) is 4. The van der Waals surface area contributed by atoms with Crippen LogP contribution in [0.2, 0.25) is 0 Å². The van der Waals surface area contributed by atoms with Crippen LogP contribution in [0.4, 0.5) is 16.3 Å². The highest BCUT2D eigenvalue weighted by molar-refractivity contribution is 5.92. The van der Waals surface area contributed by atoms with Crippen LogP contribution in [-0.2, 0) is 6.42 Å².